The van der Waals surface area contributed by atoms with Gasteiger partial charge >= 0.3 is 18.7 Å². The molecule has 0 saturated heterocycles. The van der Waals surface area contributed by atoms with Gasteiger partial charge in [0.05, 0.1) is 0 Å². The normalized spacial score (nSPS) is 13.8. The van der Waals surface area contributed by atoms with Gasteiger partial charge in [-0.3, -0.25) is 0 Å². The number of hydrogen-bond acceptors (Lipinski definition) is 2. The van der Waals surface area contributed by atoms with Crippen LogP contribution in [0, 0.1) is 0 Å². The third-order valence-corrected chi connectivity index (χ3v) is 2.24. The molecule has 0 saturated carbocycles. The van der Waals surface area contributed by atoms with Crippen LogP contribution in [0.1, 0.15) is 11.6 Å². The van der Waals surface area contributed by atoms with Crippen molar-refractivity contribution in [3.8, 4) is 5.75 Å². The molecule has 0 radical (unpaired) electrons. The van der Waals surface area contributed by atoms with Crippen molar-refractivity contribution in [1.82, 2.24) is 0 Å². The van der Waals surface area contributed by atoms with E-state index < -0.39 is 36.1 Å². The van der Waals surface area contributed by atoms with E-state index in [4.69, 9.17) is 5.73 Å². The van der Waals surface area contributed by atoms with E-state index in [1.54, 1.807) is 0 Å². The summed E-state index contributed by atoms with van der Waals surface area (Å²) in [6.45, 7) is -3.37. The Hall–Kier alpha value is -1.22. The van der Waals surface area contributed by atoms with E-state index in [-0.39, 0.29) is 12.4 Å². The minimum atomic E-state index is -5.90. The van der Waals surface area contributed by atoms with Gasteiger partial charge in [-0.05, 0) is 6.07 Å². The lowest BCUT2D eigenvalue weighted by molar-refractivity contribution is -0.291. The van der Waals surface area contributed by atoms with Crippen molar-refractivity contribution in [2.45, 2.75) is 24.8 Å². The van der Waals surface area contributed by atoms with Gasteiger partial charge in [0.15, 0.2) is 0 Å². The van der Waals surface area contributed by atoms with E-state index in [2.05, 4.69) is 4.74 Å². The van der Waals surface area contributed by atoms with Crippen LogP contribution in [0.5, 0.6) is 5.75 Å². The first-order valence-corrected chi connectivity index (χ1v) is 4.81. The summed E-state index contributed by atoms with van der Waals surface area (Å²) in [7, 11) is 0. The molecule has 0 aliphatic rings. The van der Waals surface area contributed by atoms with Gasteiger partial charge < -0.3 is 10.5 Å². The Morgan fingerprint density at radius 3 is 1.95 bits per heavy atom. The summed E-state index contributed by atoms with van der Waals surface area (Å²) < 4.78 is 90.4. The van der Waals surface area contributed by atoms with Crippen molar-refractivity contribution < 1.29 is 35.5 Å². The first-order valence-electron chi connectivity index (χ1n) is 4.81. The lowest BCUT2D eigenvalue weighted by Gasteiger charge is -2.27. The second-order valence-electron chi connectivity index (χ2n) is 3.51. The monoisotopic (exact) mass is 327 g/mol. The molecule has 0 heterocycles. The first kappa shape index (κ1) is 18.8. The first-order chi connectivity index (χ1) is 8.57. The second-order valence-corrected chi connectivity index (χ2v) is 3.51. The highest BCUT2D eigenvalue weighted by Gasteiger charge is 2.62. The Kier molecular flexibility index (Phi) is 6.09. The number of ether oxygens (including phenoxy) is 1. The van der Waals surface area contributed by atoms with Crippen molar-refractivity contribution >= 4 is 12.4 Å². The van der Waals surface area contributed by atoms with E-state index in [9.17, 15) is 30.7 Å². The zero-order valence-electron chi connectivity index (χ0n) is 9.50. The quantitative estimate of drug-likeness (QED) is 0.851. The van der Waals surface area contributed by atoms with Gasteiger partial charge in [0, 0.05) is 5.56 Å². The molecule has 20 heavy (non-hydrogen) atoms. The van der Waals surface area contributed by atoms with Crippen molar-refractivity contribution in [2.24, 2.45) is 5.73 Å². The molecule has 0 aromatic heterocycles. The van der Waals surface area contributed by atoms with Gasteiger partial charge in [0.2, 0.25) is 0 Å². The Morgan fingerprint density at radius 2 is 1.50 bits per heavy atom. The number of rotatable bonds is 4. The van der Waals surface area contributed by atoms with Crippen LogP contribution in [-0.4, -0.2) is 18.7 Å². The molecule has 0 amide bonds. The largest absolute Gasteiger partial charge is 0.455 e. The van der Waals surface area contributed by atoms with E-state index in [0.29, 0.717) is 0 Å². The molecule has 10 heteroatoms. The maximum absolute atomic E-state index is 13.0. The van der Waals surface area contributed by atoms with E-state index in [0.717, 1.165) is 24.3 Å². The summed E-state index contributed by atoms with van der Waals surface area (Å²) in [5.74, 6) is -6.09. The maximum atomic E-state index is 13.0. The van der Waals surface area contributed by atoms with Crippen molar-refractivity contribution in [3.63, 3.8) is 0 Å². The zero-order chi connectivity index (χ0) is 14.8. The summed E-state index contributed by atoms with van der Waals surface area (Å²) >= 11 is 0. The highest BCUT2D eigenvalue weighted by molar-refractivity contribution is 5.85. The van der Waals surface area contributed by atoms with E-state index in [1.165, 1.54) is 0 Å². The fraction of sp³-hybridized carbons (Fsp3) is 0.400. The van der Waals surface area contributed by atoms with E-state index >= 15 is 0 Å². The van der Waals surface area contributed by atoms with E-state index in [1.807, 2.05) is 0 Å². The molecular weight excluding hydrogens is 319 g/mol. The number of benzene rings is 1. The molecule has 1 rings (SSSR count). The van der Waals surface area contributed by atoms with Gasteiger partial charge in [0.1, 0.15) is 11.8 Å². The van der Waals surface area contributed by atoms with Crippen LogP contribution in [0.3, 0.4) is 0 Å². The number of halogens is 8. The molecule has 2 nitrogen and oxygen atoms in total. The standard InChI is InChI=1S/C10H8F7NO.ClH/c11-8(12)19-6-4-2-1-3-5(6)7(18)9(13,14)10(15,16)17;/h1-4,7-8H,18H2;1H/t7-;/m0./s1. The molecular formula is C10H9ClF7NO. The van der Waals surface area contributed by atoms with Gasteiger partial charge in [0.25, 0.3) is 0 Å². The van der Waals surface area contributed by atoms with Crippen LogP contribution in [-0.2, 0) is 0 Å². The smallest absolute Gasteiger partial charge is 0.434 e. The molecule has 0 unspecified atom stereocenters. The maximum Gasteiger partial charge on any atom is 0.455 e. The molecule has 1 aromatic rings. The summed E-state index contributed by atoms with van der Waals surface area (Å²) in [6, 6.07) is 0.970. The molecule has 0 fully saturated rings. The Morgan fingerprint density at radius 1 is 1.00 bits per heavy atom. The highest BCUT2D eigenvalue weighted by atomic mass is 35.5. The fourth-order valence-corrected chi connectivity index (χ4v) is 1.31. The summed E-state index contributed by atoms with van der Waals surface area (Å²) in [4.78, 5) is 0. The number of alkyl halides is 7. The minimum absolute atomic E-state index is 0. The molecule has 1 atom stereocenters. The van der Waals surface area contributed by atoms with Crippen LogP contribution >= 0.6 is 12.4 Å². The average Bonchev–Trinajstić information content (AvgIpc) is 2.26. The second kappa shape index (κ2) is 6.49. The highest BCUT2D eigenvalue weighted by Crippen LogP contribution is 2.45. The average molecular weight is 328 g/mol. The summed E-state index contributed by atoms with van der Waals surface area (Å²) in [5, 5.41) is 0. The molecule has 0 aliphatic heterocycles. The van der Waals surface area contributed by atoms with Gasteiger partial charge in [-0.2, -0.15) is 30.7 Å². The van der Waals surface area contributed by atoms with Gasteiger partial charge in [-0.15, -0.1) is 12.4 Å². The van der Waals surface area contributed by atoms with Crippen LogP contribution < -0.4 is 10.5 Å². The summed E-state index contributed by atoms with van der Waals surface area (Å²) in [5.41, 5.74) is 3.98. The van der Waals surface area contributed by atoms with Crippen molar-refractivity contribution in [2.75, 3.05) is 0 Å². The predicted molar refractivity (Wildman–Crippen MR) is 58.3 cm³/mol. The summed E-state index contributed by atoms with van der Waals surface area (Å²) in [6.07, 6.45) is -5.90. The molecule has 0 spiro atoms. The van der Waals surface area contributed by atoms with Crippen LogP contribution in [0.25, 0.3) is 0 Å². The van der Waals surface area contributed by atoms with Crippen molar-refractivity contribution in [3.05, 3.63) is 29.8 Å². The topological polar surface area (TPSA) is 35.2 Å². The third kappa shape index (κ3) is 3.89. The van der Waals surface area contributed by atoms with Gasteiger partial charge in [-0.25, -0.2) is 0 Å². The Labute approximate surface area is 115 Å². The lowest BCUT2D eigenvalue weighted by atomic mass is 10.00. The van der Waals surface area contributed by atoms with Crippen LogP contribution in [0.2, 0.25) is 0 Å². The molecule has 0 aliphatic carbocycles. The fourth-order valence-electron chi connectivity index (χ4n) is 1.31. The molecule has 1 aromatic carbocycles. The van der Waals surface area contributed by atoms with Crippen molar-refractivity contribution in [1.29, 1.82) is 0 Å². The van der Waals surface area contributed by atoms with Crippen LogP contribution in [0.4, 0.5) is 30.7 Å². The minimum Gasteiger partial charge on any atom is -0.434 e. The Balaban J connectivity index is 0.00000361. The molecule has 2 N–H and O–H groups in total. The number of para-hydroxylation sites is 1. The van der Waals surface area contributed by atoms with Gasteiger partial charge in [-0.1, -0.05) is 18.2 Å². The SMILES string of the molecule is Cl.N[C@@H](c1ccccc1OC(F)F)C(F)(F)C(F)(F)F. The molecule has 0 bridgehead atoms. The number of nitrogens with two attached hydrogens (primary N) is 1. The lowest BCUT2D eigenvalue weighted by Crippen LogP contribution is -2.46. The zero-order valence-corrected chi connectivity index (χ0v) is 10.3. The molecule has 116 valence electrons. The Bertz CT molecular complexity index is 438. The third-order valence-electron chi connectivity index (χ3n) is 2.24. The predicted octanol–water partition coefficient (Wildman–Crippen LogP) is 3.91. The van der Waals surface area contributed by atoms with Crippen LogP contribution in [0.15, 0.2) is 24.3 Å². The number of hydrogen-bond donors (Lipinski definition) is 1.